The van der Waals surface area contributed by atoms with E-state index in [1.165, 1.54) is 0 Å². The van der Waals surface area contributed by atoms with Gasteiger partial charge in [-0.1, -0.05) is 12.3 Å². The summed E-state index contributed by atoms with van der Waals surface area (Å²) in [4.78, 5) is 3.95. The van der Waals surface area contributed by atoms with Gasteiger partial charge in [0.15, 0.2) is 5.96 Å². The number of hydrogen-bond donors (Lipinski definition) is 2. The van der Waals surface area contributed by atoms with Crippen molar-refractivity contribution in [3.63, 3.8) is 0 Å². The van der Waals surface area contributed by atoms with Crippen LogP contribution in [0.5, 0.6) is 0 Å². The topological polar surface area (TPSA) is 36.4 Å². The van der Waals surface area contributed by atoms with Crippen LogP contribution in [0.3, 0.4) is 0 Å². The molecule has 7 heteroatoms. The molecule has 3 nitrogen and oxygen atoms in total. The van der Waals surface area contributed by atoms with Gasteiger partial charge in [0.05, 0.1) is 12.5 Å². The molecular formula is C13H21F3IN3. The highest BCUT2D eigenvalue weighted by molar-refractivity contribution is 14.0. The molecule has 2 N–H and O–H groups in total. The van der Waals surface area contributed by atoms with E-state index in [-0.39, 0.29) is 42.7 Å². The van der Waals surface area contributed by atoms with E-state index in [0.29, 0.717) is 25.5 Å². The molecule has 0 saturated heterocycles. The van der Waals surface area contributed by atoms with E-state index >= 15 is 0 Å². The molecule has 0 aromatic rings. The zero-order valence-corrected chi connectivity index (χ0v) is 13.8. The summed E-state index contributed by atoms with van der Waals surface area (Å²) in [7, 11) is 1.60. The second-order valence-electron chi connectivity index (χ2n) is 4.78. The van der Waals surface area contributed by atoms with Gasteiger partial charge in [-0.05, 0) is 25.2 Å². The van der Waals surface area contributed by atoms with Crippen molar-refractivity contribution in [2.45, 2.75) is 31.9 Å². The number of terminal acetylenes is 1. The Kier molecular flexibility index (Phi) is 9.01. The number of aliphatic imine (C=N–C) groups is 1. The van der Waals surface area contributed by atoms with E-state index in [0.717, 1.165) is 6.42 Å². The maximum Gasteiger partial charge on any atom is 0.391 e. The van der Waals surface area contributed by atoms with Gasteiger partial charge in [-0.2, -0.15) is 13.2 Å². The predicted octanol–water partition coefficient (Wildman–Crippen LogP) is 2.77. The van der Waals surface area contributed by atoms with Crippen molar-refractivity contribution in [2.24, 2.45) is 16.8 Å². The van der Waals surface area contributed by atoms with Gasteiger partial charge in [0.2, 0.25) is 0 Å². The Morgan fingerprint density at radius 1 is 1.35 bits per heavy atom. The number of nitrogens with one attached hydrogen (secondary N) is 2. The Morgan fingerprint density at radius 2 is 2.05 bits per heavy atom. The van der Waals surface area contributed by atoms with Crippen LogP contribution in [0.15, 0.2) is 4.99 Å². The van der Waals surface area contributed by atoms with Gasteiger partial charge in [-0.3, -0.25) is 4.99 Å². The molecule has 0 aromatic heterocycles. The fourth-order valence-corrected chi connectivity index (χ4v) is 2.37. The van der Waals surface area contributed by atoms with Crippen LogP contribution in [-0.2, 0) is 0 Å². The first-order valence-electron chi connectivity index (χ1n) is 6.42. The van der Waals surface area contributed by atoms with E-state index in [2.05, 4.69) is 21.5 Å². The standard InChI is InChI=1S/C13H20F3N3.HI/c1-3-7-18-12(17-2)19-9-10-5-4-6-11(8-10)13(14,15)16;/h1,10-11H,4-9H2,2H3,(H2,17,18,19);1H. The first-order valence-corrected chi connectivity index (χ1v) is 6.42. The van der Waals surface area contributed by atoms with Gasteiger partial charge >= 0.3 is 6.18 Å². The van der Waals surface area contributed by atoms with E-state index in [9.17, 15) is 13.2 Å². The molecule has 116 valence electrons. The fraction of sp³-hybridized carbons (Fsp3) is 0.769. The smallest absolute Gasteiger partial charge is 0.356 e. The number of halogens is 4. The van der Waals surface area contributed by atoms with Gasteiger partial charge in [0.1, 0.15) is 0 Å². The highest BCUT2D eigenvalue weighted by atomic mass is 127. The molecule has 0 aromatic carbocycles. The maximum absolute atomic E-state index is 12.7. The van der Waals surface area contributed by atoms with Gasteiger partial charge < -0.3 is 10.6 Å². The van der Waals surface area contributed by atoms with E-state index in [4.69, 9.17) is 6.42 Å². The van der Waals surface area contributed by atoms with Crippen molar-refractivity contribution in [1.29, 1.82) is 0 Å². The average molecular weight is 403 g/mol. The highest BCUT2D eigenvalue weighted by Crippen LogP contribution is 2.39. The Labute approximate surface area is 135 Å². The monoisotopic (exact) mass is 403 g/mol. The molecule has 1 fully saturated rings. The zero-order chi connectivity index (χ0) is 14.3. The molecule has 1 rings (SSSR count). The molecule has 2 atom stereocenters. The Hall–Kier alpha value is -0.650. The summed E-state index contributed by atoms with van der Waals surface area (Å²) in [6, 6.07) is 0. The summed E-state index contributed by atoms with van der Waals surface area (Å²) >= 11 is 0. The third-order valence-electron chi connectivity index (χ3n) is 3.39. The molecule has 0 heterocycles. The van der Waals surface area contributed by atoms with E-state index in [1.807, 2.05) is 0 Å². The summed E-state index contributed by atoms with van der Waals surface area (Å²) in [6.07, 6.45) is 2.96. The first kappa shape index (κ1) is 19.4. The van der Waals surface area contributed by atoms with Gasteiger partial charge in [0.25, 0.3) is 0 Å². The minimum absolute atomic E-state index is 0. The van der Waals surface area contributed by atoms with Crippen LogP contribution in [0, 0.1) is 24.2 Å². The molecular weight excluding hydrogens is 382 g/mol. The van der Waals surface area contributed by atoms with Gasteiger partial charge in [-0.25, -0.2) is 0 Å². The van der Waals surface area contributed by atoms with Crippen LogP contribution in [0.25, 0.3) is 0 Å². The summed E-state index contributed by atoms with van der Waals surface area (Å²) in [5.74, 6) is 1.82. The molecule has 0 aliphatic heterocycles. The van der Waals surface area contributed by atoms with Crippen LogP contribution in [-0.4, -0.2) is 32.3 Å². The SMILES string of the molecule is C#CCNC(=NC)NCC1CCCC(C(F)(F)F)C1.I. The van der Waals surface area contributed by atoms with Crippen molar-refractivity contribution in [3.8, 4) is 12.3 Å². The van der Waals surface area contributed by atoms with Crippen LogP contribution in [0.2, 0.25) is 0 Å². The minimum Gasteiger partial charge on any atom is -0.356 e. The summed E-state index contributed by atoms with van der Waals surface area (Å²) in [5.41, 5.74) is 0. The third kappa shape index (κ3) is 6.68. The highest BCUT2D eigenvalue weighted by Gasteiger charge is 2.41. The number of rotatable bonds is 3. The lowest BCUT2D eigenvalue weighted by atomic mass is 9.81. The maximum atomic E-state index is 12.7. The lowest BCUT2D eigenvalue weighted by Crippen LogP contribution is -2.41. The largest absolute Gasteiger partial charge is 0.391 e. The molecule has 1 aliphatic rings. The van der Waals surface area contributed by atoms with Crippen LogP contribution >= 0.6 is 24.0 Å². The molecule has 1 aliphatic carbocycles. The second-order valence-corrected chi connectivity index (χ2v) is 4.78. The van der Waals surface area contributed by atoms with Gasteiger partial charge in [0, 0.05) is 13.6 Å². The fourth-order valence-electron chi connectivity index (χ4n) is 2.37. The van der Waals surface area contributed by atoms with Crippen molar-refractivity contribution in [1.82, 2.24) is 10.6 Å². The normalized spacial score (nSPS) is 23.4. The molecule has 0 spiro atoms. The molecule has 2 unspecified atom stereocenters. The minimum atomic E-state index is -4.07. The van der Waals surface area contributed by atoms with Crippen molar-refractivity contribution in [2.75, 3.05) is 20.1 Å². The molecule has 20 heavy (non-hydrogen) atoms. The number of hydrogen-bond acceptors (Lipinski definition) is 1. The Bertz CT molecular complexity index is 350. The molecule has 0 radical (unpaired) electrons. The molecule has 0 bridgehead atoms. The summed E-state index contributed by atoms with van der Waals surface area (Å²) < 4.78 is 38.0. The Balaban J connectivity index is 0.00000361. The average Bonchev–Trinajstić information content (AvgIpc) is 2.38. The van der Waals surface area contributed by atoms with Crippen molar-refractivity contribution in [3.05, 3.63) is 0 Å². The van der Waals surface area contributed by atoms with Crippen molar-refractivity contribution >= 4 is 29.9 Å². The number of guanidine groups is 1. The summed E-state index contributed by atoms with van der Waals surface area (Å²) in [5, 5.41) is 5.90. The van der Waals surface area contributed by atoms with E-state index in [1.54, 1.807) is 7.05 Å². The zero-order valence-electron chi connectivity index (χ0n) is 11.5. The van der Waals surface area contributed by atoms with Crippen LogP contribution in [0.4, 0.5) is 13.2 Å². The third-order valence-corrected chi connectivity index (χ3v) is 3.39. The lowest BCUT2D eigenvalue weighted by Gasteiger charge is -2.30. The first-order chi connectivity index (χ1) is 8.97. The molecule has 0 amide bonds. The van der Waals surface area contributed by atoms with Gasteiger partial charge in [-0.15, -0.1) is 30.4 Å². The molecule has 1 saturated carbocycles. The predicted molar refractivity (Wildman–Crippen MR) is 85.1 cm³/mol. The van der Waals surface area contributed by atoms with Crippen LogP contribution in [0.1, 0.15) is 25.7 Å². The van der Waals surface area contributed by atoms with Crippen LogP contribution < -0.4 is 10.6 Å². The lowest BCUT2D eigenvalue weighted by molar-refractivity contribution is -0.185. The number of alkyl halides is 3. The van der Waals surface area contributed by atoms with E-state index < -0.39 is 12.1 Å². The summed E-state index contributed by atoms with van der Waals surface area (Å²) in [6.45, 7) is 0.840. The Morgan fingerprint density at radius 3 is 2.60 bits per heavy atom. The van der Waals surface area contributed by atoms with Crippen molar-refractivity contribution < 1.29 is 13.2 Å². The second kappa shape index (κ2) is 9.32. The quantitative estimate of drug-likeness (QED) is 0.329. The number of nitrogens with zero attached hydrogens (tertiary/aromatic N) is 1.